The topological polar surface area (TPSA) is 21.3 Å². The van der Waals surface area contributed by atoms with Crippen LogP contribution in [-0.2, 0) is 6.42 Å². The van der Waals surface area contributed by atoms with Gasteiger partial charge in [0.2, 0.25) is 0 Å². The van der Waals surface area contributed by atoms with Crippen molar-refractivity contribution in [1.82, 2.24) is 0 Å². The maximum Gasteiger partial charge on any atom is 0.145 e. The molecule has 0 amide bonds. The Morgan fingerprint density at radius 3 is 2.95 bits per heavy atom. The van der Waals surface area contributed by atoms with Gasteiger partial charge in [0.15, 0.2) is 0 Å². The first kappa shape index (κ1) is 13.9. The van der Waals surface area contributed by atoms with Crippen LogP contribution in [0.4, 0.5) is 10.1 Å². The van der Waals surface area contributed by atoms with Crippen molar-refractivity contribution in [2.45, 2.75) is 32.2 Å². The van der Waals surface area contributed by atoms with Crippen molar-refractivity contribution in [3.05, 3.63) is 59.4 Å². The molecule has 2 aromatic carbocycles. The summed E-state index contributed by atoms with van der Waals surface area (Å²) in [6.07, 6.45) is 3.38. The van der Waals surface area contributed by atoms with Crippen molar-refractivity contribution in [3.63, 3.8) is 0 Å². The number of benzene rings is 2. The Morgan fingerprint density at radius 2 is 2.10 bits per heavy atom. The number of hydrogen-bond donors (Lipinski definition) is 1. The highest BCUT2D eigenvalue weighted by atomic mass is 19.1. The van der Waals surface area contributed by atoms with Gasteiger partial charge >= 0.3 is 0 Å². The van der Waals surface area contributed by atoms with Crippen LogP contribution in [0.5, 0.6) is 5.75 Å². The monoisotopic (exact) mass is 285 g/mol. The molecule has 3 heteroatoms. The van der Waals surface area contributed by atoms with E-state index < -0.39 is 0 Å². The summed E-state index contributed by atoms with van der Waals surface area (Å²) in [5.41, 5.74) is 3.61. The number of halogens is 1. The molecule has 0 saturated carbocycles. The van der Waals surface area contributed by atoms with E-state index in [4.69, 9.17) is 4.74 Å². The Balaban J connectivity index is 1.88. The number of nitrogens with one attached hydrogen (secondary N) is 1. The SMILES string of the molecule is CCOc1cc(F)ccc1NC1CCCc2ccccc21. The number of hydrogen-bond acceptors (Lipinski definition) is 2. The first-order valence-electron chi connectivity index (χ1n) is 7.54. The highest BCUT2D eigenvalue weighted by Crippen LogP contribution is 2.35. The number of fused-ring (bicyclic) bond motifs is 1. The van der Waals surface area contributed by atoms with Crippen LogP contribution in [0.25, 0.3) is 0 Å². The number of anilines is 1. The smallest absolute Gasteiger partial charge is 0.145 e. The molecule has 0 aliphatic heterocycles. The first-order chi connectivity index (χ1) is 10.3. The summed E-state index contributed by atoms with van der Waals surface area (Å²) >= 11 is 0. The number of rotatable bonds is 4. The van der Waals surface area contributed by atoms with Crippen LogP contribution in [0.15, 0.2) is 42.5 Å². The van der Waals surface area contributed by atoms with Crippen molar-refractivity contribution in [3.8, 4) is 5.75 Å². The van der Waals surface area contributed by atoms with Gasteiger partial charge in [0.05, 0.1) is 18.3 Å². The molecule has 0 bridgehead atoms. The van der Waals surface area contributed by atoms with Crippen LogP contribution in [0.2, 0.25) is 0 Å². The molecular formula is C18H20FNO. The Morgan fingerprint density at radius 1 is 1.24 bits per heavy atom. The lowest BCUT2D eigenvalue weighted by atomic mass is 9.87. The lowest BCUT2D eigenvalue weighted by molar-refractivity contribution is 0.339. The van der Waals surface area contributed by atoms with Crippen molar-refractivity contribution in [2.24, 2.45) is 0 Å². The van der Waals surface area contributed by atoms with E-state index in [1.54, 1.807) is 6.07 Å². The molecule has 0 aromatic heterocycles. The second-order valence-corrected chi connectivity index (χ2v) is 5.36. The minimum Gasteiger partial charge on any atom is -0.492 e. The molecule has 1 aliphatic carbocycles. The van der Waals surface area contributed by atoms with Crippen LogP contribution in [-0.4, -0.2) is 6.61 Å². The molecule has 1 N–H and O–H groups in total. The van der Waals surface area contributed by atoms with Gasteiger partial charge in [0.1, 0.15) is 11.6 Å². The molecule has 1 unspecified atom stereocenters. The van der Waals surface area contributed by atoms with Crippen molar-refractivity contribution >= 4 is 5.69 Å². The Labute approximate surface area is 125 Å². The zero-order valence-electron chi connectivity index (χ0n) is 12.2. The van der Waals surface area contributed by atoms with Crippen LogP contribution in [0.1, 0.15) is 36.9 Å². The summed E-state index contributed by atoms with van der Waals surface area (Å²) in [7, 11) is 0. The van der Waals surface area contributed by atoms with E-state index in [1.807, 2.05) is 6.92 Å². The minimum absolute atomic E-state index is 0.264. The van der Waals surface area contributed by atoms with Gasteiger partial charge in [-0.15, -0.1) is 0 Å². The summed E-state index contributed by atoms with van der Waals surface area (Å²) in [4.78, 5) is 0. The zero-order chi connectivity index (χ0) is 14.7. The molecule has 2 nitrogen and oxygen atoms in total. The highest BCUT2D eigenvalue weighted by molar-refractivity contribution is 5.58. The number of aryl methyl sites for hydroxylation is 1. The molecule has 3 rings (SSSR count). The fourth-order valence-electron chi connectivity index (χ4n) is 2.98. The Hall–Kier alpha value is -2.03. The fourth-order valence-corrected chi connectivity index (χ4v) is 2.98. The molecule has 1 atom stereocenters. The Kier molecular flexibility index (Phi) is 4.09. The molecule has 0 radical (unpaired) electrons. The maximum absolute atomic E-state index is 13.4. The van der Waals surface area contributed by atoms with E-state index >= 15 is 0 Å². The predicted octanol–water partition coefficient (Wildman–Crippen LogP) is 4.71. The van der Waals surface area contributed by atoms with Gasteiger partial charge in [-0.25, -0.2) is 4.39 Å². The van der Waals surface area contributed by atoms with Gasteiger partial charge in [-0.05, 0) is 49.4 Å². The molecular weight excluding hydrogens is 265 g/mol. The lowest BCUT2D eigenvalue weighted by Gasteiger charge is -2.28. The first-order valence-corrected chi connectivity index (χ1v) is 7.54. The number of ether oxygens (including phenoxy) is 1. The third kappa shape index (κ3) is 3.02. The summed E-state index contributed by atoms with van der Waals surface area (Å²) in [5, 5.41) is 3.53. The highest BCUT2D eigenvalue weighted by Gasteiger charge is 2.20. The van der Waals surface area contributed by atoms with Gasteiger partial charge in [-0.3, -0.25) is 0 Å². The summed E-state index contributed by atoms with van der Waals surface area (Å²) in [5.74, 6) is 0.314. The molecule has 1 aliphatic rings. The van der Waals surface area contributed by atoms with E-state index in [1.165, 1.54) is 29.7 Å². The third-order valence-electron chi connectivity index (χ3n) is 3.94. The average Bonchev–Trinajstić information content (AvgIpc) is 2.50. The van der Waals surface area contributed by atoms with Crippen LogP contribution >= 0.6 is 0 Å². The zero-order valence-corrected chi connectivity index (χ0v) is 12.2. The normalized spacial score (nSPS) is 17.1. The van der Waals surface area contributed by atoms with Gasteiger partial charge in [0.25, 0.3) is 0 Å². The van der Waals surface area contributed by atoms with E-state index in [0.717, 1.165) is 18.5 Å². The molecule has 2 aromatic rings. The van der Waals surface area contributed by atoms with Crippen molar-refractivity contribution in [1.29, 1.82) is 0 Å². The average molecular weight is 285 g/mol. The standard InChI is InChI=1S/C18H20FNO/c1-2-21-18-12-14(19)10-11-17(18)20-16-9-5-7-13-6-3-4-8-15(13)16/h3-4,6,8,10-12,16,20H,2,5,7,9H2,1H3. The van der Waals surface area contributed by atoms with Gasteiger partial charge in [0, 0.05) is 6.07 Å². The Bertz CT molecular complexity index is 626. The van der Waals surface area contributed by atoms with Crippen LogP contribution in [0.3, 0.4) is 0 Å². The molecule has 110 valence electrons. The fraction of sp³-hybridized carbons (Fsp3) is 0.333. The quantitative estimate of drug-likeness (QED) is 0.878. The molecule has 0 fully saturated rings. The second-order valence-electron chi connectivity index (χ2n) is 5.36. The summed E-state index contributed by atoms with van der Waals surface area (Å²) in [6, 6.07) is 13.5. The van der Waals surface area contributed by atoms with E-state index in [-0.39, 0.29) is 11.9 Å². The maximum atomic E-state index is 13.4. The van der Waals surface area contributed by atoms with Crippen molar-refractivity contribution in [2.75, 3.05) is 11.9 Å². The van der Waals surface area contributed by atoms with Gasteiger partial charge < -0.3 is 10.1 Å². The van der Waals surface area contributed by atoms with Crippen LogP contribution in [0, 0.1) is 5.82 Å². The second kappa shape index (κ2) is 6.17. The molecule has 0 saturated heterocycles. The van der Waals surface area contributed by atoms with E-state index in [2.05, 4.69) is 29.6 Å². The van der Waals surface area contributed by atoms with Crippen LogP contribution < -0.4 is 10.1 Å². The lowest BCUT2D eigenvalue weighted by Crippen LogP contribution is -2.17. The van der Waals surface area contributed by atoms with E-state index in [0.29, 0.717) is 12.4 Å². The minimum atomic E-state index is -0.270. The third-order valence-corrected chi connectivity index (χ3v) is 3.94. The summed E-state index contributed by atoms with van der Waals surface area (Å²) in [6.45, 7) is 2.43. The molecule has 21 heavy (non-hydrogen) atoms. The summed E-state index contributed by atoms with van der Waals surface area (Å²) < 4.78 is 18.9. The molecule has 0 heterocycles. The van der Waals surface area contributed by atoms with Gasteiger partial charge in [-0.2, -0.15) is 0 Å². The predicted molar refractivity (Wildman–Crippen MR) is 83.3 cm³/mol. The van der Waals surface area contributed by atoms with E-state index in [9.17, 15) is 4.39 Å². The molecule has 0 spiro atoms. The van der Waals surface area contributed by atoms with Crippen molar-refractivity contribution < 1.29 is 9.13 Å². The largest absolute Gasteiger partial charge is 0.492 e. The van der Waals surface area contributed by atoms with Gasteiger partial charge in [-0.1, -0.05) is 24.3 Å².